The van der Waals surface area contributed by atoms with Gasteiger partial charge in [0.15, 0.2) is 0 Å². The number of halogens is 1. The van der Waals surface area contributed by atoms with Crippen molar-refractivity contribution in [1.29, 1.82) is 0 Å². The number of benzene rings is 1. The second-order valence-electron chi connectivity index (χ2n) is 3.90. The normalized spacial score (nSPS) is 9.94. The van der Waals surface area contributed by atoms with E-state index in [0.29, 0.717) is 17.3 Å². The second-order valence-corrected chi connectivity index (χ2v) is 4.31. The van der Waals surface area contributed by atoms with Crippen molar-refractivity contribution in [3.63, 3.8) is 0 Å². The van der Waals surface area contributed by atoms with Gasteiger partial charge in [0.05, 0.1) is 7.11 Å². The number of ketones is 1. The van der Waals surface area contributed by atoms with Crippen LogP contribution in [0.1, 0.15) is 25.3 Å². The molecular weight excluding hydrogens is 254 g/mol. The minimum Gasteiger partial charge on any atom is -0.496 e. The lowest BCUT2D eigenvalue weighted by atomic mass is 10.2. The molecule has 1 rings (SSSR count). The molecule has 1 amide bonds. The molecule has 0 aliphatic carbocycles. The first-order valence-corrected chi connectivity index (χ1v) is 6.00. The molecule has 0 aliphatic heterocycles. The van der Waals surface area contributed by atoms with E-state index in [4.69, 9.17) is 16.3 Å². The average molecular weight is 270 g/mol. The third kappa shape index (κ3) is 4.37. The van der Waals surface area contributed by atoms with E-state index in [-0.39, 0.29) is 24.5 Å². The van der Waals surface area contributed by atoms with Gasteiger partial charge in [0.1, 0.15) is 11.5 Å². The number of ether oxygens (including phenoxy) is 1. The zero-order valence-electron chi connectivity index (χ0n) is 10.5. The lowest BCUT2D eigenvalue weighted by Crippen LogP contribution is -2.23. The second kappa shape index (κ2) is 7.01. The molecule has 0 atom stereocenters. The molecule has 0 saturated heterocycles. The van der Waals surface area contributed by atoms with Crippen LogP contribution in [-0.4, -0.2) is 18.8 Å². The summed E-state index contributed by atoms with van der Waals surface area (Å²) in [5, 5.41) is 3.26. The Hall–Kier alpha value is -1.55. The minimum atomic E-state index is -0.174. The summed E-state index contributed by atoms with van der Waals surface area (Å²) in [7, 11) is 1.55. The van der Waals surface area contributed by atoms with Crippen LogP contribution in [-0.2, 0) is 16.1 Å². The first-order valence-electron chi connectivity index (χ1n) is 5.62. The van der Waals surface area contributed by atoms with Gasteiger partial charge in [0.25, 0.3) is 0 Å². The standard InChI is InChI=1S/C13H16ClNO3/c1-9(16)6-7-13(17)15-8-10-11(14)4-3-5-12(10)18-2/h3-5H,6-8H2,1-2H3,(H,15,17). The molecular formula is C13H16ClNO3. The Morgan fingerprint density at radius 2 is 2.06 bits per heavy atom. The summed E-state index contributed by atoms with van der Waals surface area (Å²) < 4.78 is 5.17. The number of carbonyl (C=O) groups is 2. The highest BCUT2D eigenvalue weighted by Crippen LogP contribution is 2.25. The highest BCUT2D eigenvalue weighted by molar-refractivity contribution is 6.31. The summed E-state index contributed by atoms with van der Waals surface area (Å²) in [6, 6.07) is 5.30. The average Bonchev–Trinajstić information content (AvgIpc) is 2.34. The molecule has 98 valence electrons. The van der Waals surface area contributed by atoms with Crippen molar-refractivity contribution >= 4 is 23.3 Å². The molecule has 0 unspecified atom stereocenters. The van der Waals surface area contributed by atoms with E-state index in [1.54, 1.807) is 25.3 Å². The molecule has 1 aromatic rings. The fourth-order valence-electron chi connectivity index (χ4n) is 1.47. The molecule has 0 aliphatic rings. The topological polar surface area (TPSA) is 55.4 Å². The van der Waals surface area contributed by atoms with E-state index in [1.807, 2.05) is 0 Å². The summed E-state index contributed by atoms with van der Waals surface area (Å²) in [6.45, 7) is 1.75. The predicted molar refractivity (Wildman–Crippen MR) is 69.8 cm³/mol. The highest BCUT2D eigenvalue weighted by atomic mass is 35.5. The molecule has 4 nitrogen and oxygen atoms in total. The van der Waals surface area contributed by atoms with Gasteiger partial charge in [-0.15, -0.1) is 0 Å². The number of carbonyl (C=O) groups excluding carboxylic acids is 2. The van der Waals surface area contributed by atoms with Crippen molar-refractivity contribution in [2.24, 2.45) is 0 Å². The molecule has 0 heterocycles. The van der Waals surface area contributed by atoms with Crippen molar-refractivity contribution in [3.05, 3.63) is 28.8 Å². The zero-order chi connectivity index (χ0) is 13.5. The summed E-state index contributed by atoms with van der Waals surface area (Å²) >= 11 is 6.03. The van der Waals surface area contributed by atoms with Gasteiger partial charge in [0, 0.05) is 30.0 Å². The fraction of sp³-hybridized carbons (Fsp3) is 0.385. The van der Waals surface area contributed by atoms with Crippen LogP contribution in [0.4, 0.5) is 0 Å². The monoisotopic (exact) mass is 269 g/mol. The maximum absolute atomic E-state index is 11.5. The quantitative estimate of drug-likeness (QED) is 0.862. The number of methoxy groups -OCH3 is 1. The van der Waals surface area contributed by atoms with Crippen LogP contribution in [0.25, 0.3) is 0 Å². The van der Waals surface area contributed by atoms with E-state index in [9.17, 15) is 9.59 Å². The molecule has 0 radical (unpaired) electrons. The van der Waals surface area contributed by atoms with E-state index >= 15 is 0 Å². The molecule has 1 N–H and O–H groups in total. The van der Waals surface area contributed by atoms with Gasteiger partial charge in [-0.25, -0.2) is 0 Å². The number of hydrogen-bond acceptors (Lipinski definition) is 3. The Morgan fingerprint density at radius 3 is 2.67 bits per heavy atom. The van der Waals surface area contributed by atoms with Gasteiger partial charge in [0.2, 0.25) is 5.91 Å². The molecule has 5 heteroatoms. The van der Waals surface area contributed by atoms with Crippen LogP contribution in [0.15, 0.2) is 18.2 Å². The van der Waals surface area contributed by atoms with Gasteiger partial charge in [-0.1, -0.05) is 17.7 Å². The van der Waals surface area contributed by atoms with Gasteiger partial charge in [-0.05, 0) is 19.1 Å². The molecule has 0 fully saturated rings. The van der Waals surface area contributed by atoms with Gasteiger partial charge < -0.3 is 14.8 Å². The maximum Gasteiger partial charge on any atom is 0.220 e. The van der Waals surface area contributed by atoms with Crippen LogP contribution in [0.3, 0.4) is 0 Å². The summed E-state index contributed by atoms with van der Waals surface area (Å²) in [4.78, 5) is 22.2. The number of amides is 1. The Balaban J connectivity index is 2.58. The number of hydrogen-bond donors (Lipinski definition) is 1. The highest BCUT2D eigenvalue weighted by Gasteiger charge is 2.09. The lowest BCUT2D eigenvalue weighted by Gasteiger charge is -2.11. The van der Waals surface area contributed by atoms with Crippen molar-refractivity contribution in [2.75, 3.05) is 7.11 Å². The van der Waals surface area contributed by atoms with Crippen LogP contribution >= 0.6 is 11.6 Å². The van der Waals surface area contributed by atoms with Gasteiger partial charge in [-0.2, -0.15) is 0 Å². The largest absolute Gasteiger partial charge is 0.496 e. The number of nitrogens with one attached hydrogen (secondary N) is 1. The smallest absolute Gasteiger partial charge is 0.220 e. The number of Topliss-reactive ketones (excluding diaryl/α,β-unsaturated/α-hetero) is 1. The Morgan fingerprint density at radius 1 is 1.33 bits per heavy atom. The molecule has 18 heavy (non-hydrogen) atoms. The first-order chi connectivity index (χ1) is 8.54. The van der Waals surface area contributed by atoms with Crippen LogP contribution in [0.5, 0.6) is 5.75 Å². The summed E-state index contributed by atoms with van der Waals surface area (Å²) in [5.74, 6) is 0.460. The Kier molecular flexibility index (Phi) is 5.65. The third-order valence-corrected chi connectivity index (χ3v) is 2.82. The molecule has 1 aromatic carbocycles. The van der Waals surface area contributed by atoms with Crippen molar-refractivity contribution in [1.82, 2.24) is 5.32 Å². The van der Waals surface area contributed by atoms with Gasteiger partial charge in [-0.3, -0.25) is 4.79 Å². The van der Waals surface area contributed by atoms with Crippen molar-refractivity contribution in [2.45, 2.75) is 26.3 Å². The molecule has 0 aromatic heterocycles. The van der Waals surface area contributed by atoms with Crippen LogP contribution < -0.4 is 10.1 Å². The predicted octanol–water partition coefficient (Wildman–Crippen LogP) is 2.33. The summed E-state index contributed by atoms with van der Waals surface area (Å²) in [6.07, 6.45) is 0.452. The Labute approximate surface area is 111 Å². The molecule has 0 spiro atoms. The zero-order valence-corrected chi connectivity index (χ0v) is 11.2. The van der Waals surface area contributed by atoms with Crippen LogP contribution in [0.2, 0.25) is 5.02 Å². The molecule has 0 bridgehead atoms. The lowest BCUT2D eigenvalue weighted by molar-refractivity contribution is -0.124. The SMILES string of the molecule is COc1cccc(Cl)c1CNC(=O)CCC(C)=O. The summed E-state index contributed by atoms with van der Waals surface area (Å²) in [5.41, 5.74) is 0.734. The Bertz CT molecular complexity index is 446. The molecule has 0 saturated carbocycles. The van der Waals surface area contributed by atoms with E-state index in [2.05, 4.69) is 5.32 Å². The van der Waals surface area contributed by atoms with Crippen LogP contribution in [0, 0.1) is 0 Å². The van der Waals surface area contributed by atoms with Crippen molar-refractivity contribution < 1.29 is 14.3 Å². The maximum atomic E-state index is 11.5. The third-order valence-electron chi connectivity index (χ3n) is 2.46. The van der Waals surface area contributed by atoms with Crippen molar-refractivity contribution in [3.8, 4) is 5.75 Å². The fourth-order valence-corrected chi connectivity index (χ4v) is 1.70. The number of rotatable bonds is 6. The van der Waals surface area contributed by atoms with E-state index in [1.165, 1.54) is 6.92 Å². The first kappa shape index (κ1) is 14.5. The van der Waals surface area contributed by atoms with E-state index < -0.39 is 0 Å². The minimum absolute atomic E-state index is 0.000439. The van der Waals surface area contributed by atoms with Gasteiger partial charge >= 0.3 is 0 Å². The van der Waals surface area contributed by atoms with E-state index in [0.717, 1.165) is 5.56 Å².